The number of fused-ring (bicyclic) bond motifs is 2. The summed E-state index contributed by atoms with van der Waals surface area (Å²) in [7, 11) is 0. The molecule has 1 saturated carbocycles. The Kier molecular flexibility index (Phi) is 3.23. The molecule has 0 atom stereocenters. The van der Waals surface area contributed by atoms with Crippen LogP contribution in [0.3, 0.4) is 0 Å². The van der Waals surface area contributed by atoms with Gasteiger partial charge in [-0.3, -0.25) is 4.57 Å². The van der Waals surface area contributed by atoms with Crippen LogP contribution in [0.25, 0.3) is 0 Å². The van der Waals surface area contributed by atoms with Crippen LogP contribution in [0.2, 0.25) is 0 Å². The van der Waals surface area contributed by atoms with Crippen LogP contribution < -0.4 is 4.57 Å². The van der Waals surface area contributed by atoms with Crippen molar-refractivity contribution in [1.29, 1.82) is 0 Å². The van der Waals surface area contributed by atoms with E-state index in [2.05, 4.69) is 36.1 Å². The predicted octanol–water partition coefficient (Wildman–Crippen LogP) is 3.73. The predicted molar refractivity (Wildman–Crippen MR) is 88.3 cm³/mol. The van der Waals surface area contributed by atoms with E-state index in [1.54, 1.807) is 0 Å². The Balaban J connectivity index is 1.60. The maximum Gasteiger partial charge on any atom is 0.345 e. The Bertz CT molecular complexity index is 732. The fraction of sp³-hybridized carbons (Fsp3) is 0.684. The number of hydrogen-bond donors (Lipinski definition) is 0. The second-order valence-corrected chi connectivity index (χ2v) is 8.38. The first kappa shape index (κ1) is 15.0. The van der Waals surface area contributed by atoms with Crippen LogP contribution in [0.5, 0.6) is 0 Å². The van der Waals surface area contributed by atoms with E-state index < -0.39 is 0 Å². The van der Waals surface area contributed by atoms with Gasteiger partial charge in [-0.05, 0) is 44.9 Å². The number of aromatic nitrogens is 3. The van der Waals surface area contributed by atoms with Gasteiger partial charge in [0.1, 0.15) is 11.2 Å². The van der Waals surface area contributed by atoms with Crippen molar-refractivity contribution >= 4 is 0 Å². The van der Waals surface area contributed by atoms with E-state index in [1.807, 2.05) is 13.2 Å². The van der Waals surface area contributed by atoms with Crippen molar-refractivity contribution in [2.45, 2.75) is 78.3 Å². The molecule has 1 aliphatic carbocycles. The molecule has 23 heavy (non-hydrogen) atoms. The van der Waals surface area contributed by atoms with Gasteiger partial charge in [0.25, 0.3) is 0 Å². The summed E-state index contributed by atoms with van der Waals surface area (Å²) >= 11 is 0. The zero-order valence-electron chi connectivity index (χ0n) is 14.9. The second-order valence-electron chi connectivity index (χ2n) is 8.38. The van der Waals surface area contributed by atoms with Gasteiger partial charge < -0.3 is 4.42 Å². The Labute approximate surface area is 138 Å². The average molecular weight is 314 g/mol. The van der Waals surface area contributed by atoms with E-state index in [-0.39, 0.29) is 5.41 Å². The van der Waals surface area contributed by atoms with Gasteiger partial charge in [-0.25, -0.2) is 4.98 Å². The highest BCUT2D eigenvalue weighted by Crippen LogP contribution is 2.41. The molecule has 0 aromatic carbocycles. The summed E-state index contributed by atoms with van der Waals surface area (Å²) in [6, 6.07) is 0. The molecule has 0 amide bonds. The quantitative estimate of drug-likeness (QED) is 0.809. The van der Waals surface area contributed by atoms with Crippen molar-refractivity contribution in [3.63, 3.8) is 0 Å². The van der Waals surface area contributed by atoms with Crippen LogP contribution in [0.1, 0.15) is 76.0 Å². The second kappa shape index (κ2) is 4.96. The van der Waals surface area contributed by atoms with Gasteiger partial charge in [0.05, 0.1) is 12.6 Å². The van der Waals surface area contributed by atoms with Crippen LogP contribution in [0, 0.1) is 12.3 Å². The summed E-state index contributed by atoms with van der Waals surface area (Å²) in [4.78, 5) is 5.01. The third-order valence-electron chi connectivity index (χ3n) is 6.13. The maximum atomic E-state index is 5.63. The molecule has 0 radical (unpaired) electrons. The molecule has 0 spiro atoms. The minimum Gasteiger partial charge on any atom is -0.410 e. The van der Waals surface area contributed by atoms with Gasteiger partial charge in [0, 0.05) is 6.20 Å². The first-order valence-electron chi connectivity index (χ1n) is 8.94. The van der Waals surface area contributed by atoms with Gasteiger partial charge in [0.15, 0.2) is 6.26 Å². The average Bonchev–Trinajstić information content (AvgIpc) is 3.18. The molecule has 0 bridgehead atoms. The SMILES string of the molecule is Cc1occ2[n+]1Cn1cc(CCC3(C)CCCC3)nc1C2(C)C. The highest BCUT2D eigenvalue weighted by Gasteiger charge is 2.43. The molecule has 0 N–H and O–H groups in total. The van der Waals surface area contributed by atoms with Gasteiger partial charge in [-0.2, -0.15) is 0 Å². The van der Waals surface area contributed by atoms with E-state index in [9.17, 15) is 0 Å². The first-order valence-corrected chi connectivity index (χ1v) is 8.94. The lowest BCUT2D eigenvalue weighted by atomic mass is 9.83. The minimum absolute atomic E-state index is 0.106. The molecule has 0 saturated heterocycles. The van der Waals surface area contributed by atoms with Crippen molar-refractivity contribution in [2.75, 3.05) is 0 Å². The molecule has 1 fully saturated rings. The number of imidazole rings is 1. The maximum absolute atomic E-state index is 5.63. The van der Waals surface area contributed by atoms with Crippen LogP contribution in [0.4, 0.5) is 0 Å². The fourth-order valence-corrected chi connectivity index (χ4v) is 4.47. The van der Waals surface area contributed by atoms with Crippen LogP contribution in [-0.4, -0.2) is 9.55 Å². The van der Waals surface area contributed by atoms with E-state index in [4.69, 9.17) is 9.40 Å². The molecule has 1 aliphatic heterocycles. The molecule has 0 unspecified atom stereocenters. The van der Waals surface area contributed by atoms with E-state index >= 15 is 0 Å². The number of aryl methyl sites for hydroxylation is 2. The van der Waals surface area contributed by atoms with E-state index in [0.717, 1.165) is 19.0 Å². The normalized spacial score (nSPS) is 21.2. The Morgan fingerprint density at radius 3 is 2.74 bits per heavy atom. The minimum atomic E-state index is -0.106. The molecule has 4 heteroatoms. The standard InChI is InChI=1S/C19H28N3O/c1-14-22-13-21-11-15(7-10-19(4)8-5-6-9-19)20-17(21)18(2,3)16(22)12-23-14/h11-12H,5-10,13H2,1-4H3/q+1. The summed E-state index contributed by atoms with van der Waals surface area (Å²) < 4.78 is 10.2. The van der Waals surface area contributed by atoms with Crippen molar-refractivity contribution in [3.8, 4) is 0 Å². The van der Waals surface area contributed by atoms with E-state index in [0.29, 0.717) is 5.41 Å². The molecule has 4 rings (SSSR count). The molecular formula is C19H28N3O+. The summed E-state index contributed by atoms with van der Waals surface area (Å²) in [6.07, 6.45) is 12.1. The Hall–Kier alpha value is -1.58. The summed E-state index contributed by atoms with van der Waals surface area (Å²) in [5, 5.41) is 0. The number of nitrogens with zero attached hydrogens (tertiary/aromatic N) is 3. The van der Waals surface area contributed by atoms with Crippen molar-refractivity contribution in [2.24, 2.45) is 5.41 Å². The number of rotatable bonds is 3. The van der Waals surface area contributed by atoms with E-state index in [1.165, 1.54) is 49.3 Å². The summed E-state index contributed by atoms with van der Waals surface area (Å²) in [5.74, 6) is 2.14. The van der Waals surface area contributed by atoms with Crippen molar-refractivity contribution in [1.82, 2.24) is 9.55 Å². The monoisotopic (exact) mass is 314 g/mol. The zero-order chi connectivity index (χ0) is 16.2. The largest absolute Gasteiger partial charge is 0.410 e. The highest BCUT2D eigenvalue weighted by atomic mass is 16.3. The summed E-state index contributed by atoms with van der Waals surface area (Å²) in [6.45, 7) is 9.79. The molecule has 3 heterocycles. The zero-order valence-corrected chi connectivity index (χ0v) is 14.9. The lowest BCUT2D eigenvalue weighted by Crippen LogP contribution is -2.52. The highest BCUT2D eigenvalue weighted by molar-refractivity contribution is 5.24. The molecule has 2 aromatic rings. The summed E-state index contributed by atoms with van der Waals surface area (Å²) in [5.41, 5.74) is 2.91. The molecule has 2 aromatic heterocycles. The lowest BCUT2D eigenvalue weighted by molar-refractivity contribution is -0.723. The topological polar surface area (TPSA) is 34.8 Å². The van der Waals surface area contributed by atoms with Crippen LogP contribution in [-0.2, 0) is 18.5 Å². The Morgan fingerprint density at radius 1 is 1.26 bits per heavy atom. The molecule has 4 nitrogen and oxygen atoms in total. The number of oxazole rings is 1. The van der Waals surface area contributed by atoms with Gasteiger partial charge >= 0.3 is 5.89 Å². The van der Waals surface area contributed by atoms with Crippen molar-refractivity contribution < 1.29 is 8.98 Å². The van der Waals surface area contributed by atoms with Gasteiger partial charge in [-0.15, -0.1) is 4.57 Å². The van der Waals surface area contributed by atoms with Crippen LogP contribution >= 0.6 is 0 Å². The smallest absolute Gasteiger partial charge is 0.345 e. The van der Waals surface area contributed by atoms with Gasteiger partial charge in [-0.1, -0.05) is 19.8 Å². The number of hydrogen-bond acceptors (Lipinski definition) is 2. The third-order valence-corrected chi connectivity index (χ3v) is 6.13. The Morgan fingerprint density at radius 2 is 2.00 bits per heavy atom. The third kappa shape index (κ3) is 2.34. The van der Waals surface area contributed by atoms with Crippen LogP contribution in [0.15, 0.2) is 16.9 Å². The molecule has 124 valence electrons. The molecule has 2 aliphatic rings. The first-order chi connectivity index (χ1) is 10.9. The van der Waals surface area contributed by atoms with Gasteiger partial charge in [0.2, 0.25) is 12.4 Å². The lowest BCUT2D eigenvalue weighted by Gasteiger charge is -2.24. The fourth-order valence-electron chi connectivity index (χ4n) is 4.47. The van der Waals surface area contributed by atoms with Crippen molar-refractivity contribution in [3.05, 3.63) is 35.6 Å². The molecular weight excluding hydrogens is 286 g/mol.